The van der Waals surface area contributed by atoms with Crippen molar-refractivity contribution >= 4 is 0 Å². The van der Waals surface area contributed by atoms with Crippen LogP contribution in [0.5, 0.6) is 11.5 Å². The lowest BCUT2D eigenvalue weighted by atomic mass is 9.71. The van der Waals surface area contributed by atoms with Crippen molar-refractivity contribution in [3.05, 3.63) is 95.8 Å². The van der Waals surface area contributed by atoms with Gasteiger partial charge in [-0.2, -0.15) is 0 Å². The molecule has 1 unspecified atom stereocenters. The van der Waals surface area contributed by atoms with E-state index in [1.165, 1.54) is 5.57 Å². The van der Waals surface area contributed by atoms with E-state index in [0.717, 1.165) is 22.6 Å². The molecular weight excluding hydrogens is 272 g/mol. The van der Waals surface area contributed by atoms with Crippen LogP contribution in [0.3, 0.4) is 0 Å². The molecule has 2 nitrogen and oxygen atoms in total. The molecule has 2 heterocycles. The van der Waals surface area contributed by atoms with E-state index in [9.17, 15) is 0 Å². The van der Waals surface area contributed by atoms with Crippen LogP contribution in [0.4, 0.5) is 0 Å². The van der Waals surface area contributed by atoms with Gasteiger partial charge in [-0.1, -0.05) is 60.7 Å². The summed E-state index contributed by atoms with van der Waals surface area (Å²) in [6.07, 6.45) is 10.4. The first-order chi connectivity index (χ1) is 10.9. The maximum Gasteiger partial charge on any atom is 0.176 e. The topological polar surface area (TPSA) is 18.5 Å². The molecule has 0 radical (unpaired) electrons. The number of fused-ring (bicyclic) bond motifs is 6. The van der Waals surface area contributed by atoms with E-state index in [4.69, 9.17) is 9.47 Å². The molecular formula is C20H14O2. The molecule has 2 aliphatic heterocycles. The number of para-hydroxylation sites is 2. The monoisotopic (exact) mass is 286 g/mol. The highest BCUT2D eigenvalue weighted by molar-refractivity contribution is 5.60. The third-order valence-corrected chi connectivity index (χ3v) is 4.68. The quantitative estimate of drug-likeness (QED) is 0.699. The maximum atomic E-state index is 6.34. The van der Waals surface area contributed by atoms with Gasteiger partial charge in [-0.15, -0.1) is 0 Å². The van der Waals surface area contributed by atoms with E-state index in [1.54, 1.807) is 0 Å². The molecule has 3 aliphatic rings. The van der Waals surface area contributed by atoms with Gasteiger partial charge < -0.3 is 9.47 Å². The van der Waals surface area contributed by atoms with Crippen molar-refractivity contribution in [1.29, 1.82) is 0 Å². The zero-order valence-electron chi connectivity index (χ0n) is 11.9. The highest BCUT2D eigenvalue weighted by atomic mass is 16.5. The van der Waals surface area contributed by atoms with Crippen LogP contribution in [0.1, 0.15) is 11.1 Å². The van der Waals surface area contributed by atoms with E-state index in [0.29, 0.717) is 0 Å². The standard InChI is InChI=1S/C20H14O2/c1-2-8-15-14(7-1)13-21-20(15)16-9-3-5-11-18(16)22-19-12-6-4-10-17(19)20/h1-13,15H. The zero-order valence-corrected chi connectivity index (χ0v) is 11.9. The third-order valence-electron chi connectivity index (χ3n) is 4.68. The smallest absolute Gasteiger partial charge is 0.176 e. The molecule has 106 valence electrons. The van der Waals surface area contributed by atoms with Gasteiger partial charge in [0.05, 0.1) is 12.2 Å². The Kier molecular flexibility index (Phi) is 2.23. The molecule has 0 fully saturated rings. The molecule has 1 spiro atoms. The molecule has 0 N–H and O–H groups in total. The summed E-state index contributed by atoms with van der Waals surface area (Å²) in [5.74, 6) is 1.92. The van der Waals surface area contributed by atoms with Gasteiger partial charge in [0.25, 0.3) is 0 Å². The second-order valence-electron chi connectivity index (χ2n) is 5.79. The van der Waals surface area contributed by atoms with Crippen LogP contribution in [-0.2, 0) is 10.3 Å². The van der Waals surface area contributed by atoms with Crippen LogP contribution in [0.2, 0.25) is 0 Å². The second-order valence-corrected chi connectivity index (χ2v) is 5.79. The van der Waals surface area contributed by atoms with Gasteiger partial charge in [-0.25, -0.2) is 0 Å². The predicted molar refractivity (Wildman–Crippen MR) is 84.7 cm³/mol. The number of ether oxygens (including phenoxy) is 2. The Balaban J connectivity index is 1.83. The Labute approximate surface area is 129 Å². The first kappa shape index (κ1) is 11.9. The van der Waals surface area contributed by atoms with Gasteiger partial charge in [0.15, 0.2) is 5.60 Å². The van der Waals surface area contributed by atoms with Crippen LogP contribution in [0.25, 0.3) is 0 Å². The summed E-state index contributed by atoms with van der Waals surface area (Å²) in [5.41, 5.74) is 2.85. The Hall–Kier alpha value is -2.74. The number of rotatable bonds is 0. The Morgan fingerprint density at radius 1 is 0.818 bits per heavy atom. The molecule has 2 heteroatoms. The summed E-state index contributed by atoms with van der Waals surface area (Å²) in [6.45, 7) is 0. The average molecular weight is 286 g/mol. The fourth-order valence-electron chi connectivity index (χ4n) is 3.72. The molecule has 2 aromatic rings. The van der Waals surface area contributed by atoms with Crippen LogP contribution in [0, 0.1) is 5.92 Å². The summed E-state index contributed by atoms with van der Waals surface area (Å²) in [4.78, 5) is 0. The Morgan fingerprint density at radius 2 is 1.50 bits per heavy atom. The van der Waals surface area contributed by atoms with Crippen molar-refractivity contribution in [1.82, 2.24) is 0 Å². The SMILES string of the molecule is C1=CC2=COC3(c4ccccc4Oc4ccccc43)C2C=C1. The molecule has 0 bridgehead atoms. The van der Waals surface area contributed by atoms with Gasteiger partial charge in [0.1, 0.15) is 11.5 Å². The van der Waals surface area contributed by atoms with E-state index in [1.807, 2.05) is 42.7 Å². The van der Waals surface area contributed by atoms with E-state index in [-0.39, 0.29) is 5.92 Å². The summed E-state index contributed by atoms with van der Waals surface area (Å²) < 4.78 is 12.4. The molecule has 0 amide bonds. The summed E-state index contributed by atoms with van der Waals surface area (Å²) in [5, 5.41) is 0. The number of benzene rings is 2. The van der Waals surface area contributed by atoms with Crippen LogP contribution in [0.15, 0.2) is 84.7 Å². The Morgan fingerprint density at radius 3 is 2.23 bits per heavy atom. The molecule has 0 aromatic heterocycles. The van der Waals surface area contributed by atoms with Gasteiger partial charge >= 0.3 is 0 Å². The van der Waals surface area contributed by atoms with Crippen LogP contribution < -0.4 is 4.74 Å². The predicted octanol–water partition coefficient (Wildman–Crippen LogP) is 4.69. The van der Waals surface area contributed by atoms with E-state index < -0.39 is 5.60 Å². The zero-order chi connectivity index (χ0) is 14.6. The van der Waals surface area contributed by atoms with Gasteiger partial charge in [0, 0.05) is 11.1 Å². The fourth-order valence-corrected chi connectivity index (χ4v) is 3.72. The van der Waals surface area contributed by atoms with Gasteiger partial charge in [-0.05, 0) is 17.7 Å². The van der Waals surface area contributed by atoms with Crippen molar-refractivity contribution in [3.8, 4) is 11.5 Å². The third kappa shape index (κ3) is 1.34. The molecule has 0 saturated heterocycles. The Bertz CT molecular complexity index is 812. The van der Waals surface area contributed by atoms with Crippen molar-refractivity contribution in [2.24, 2.45) is 5.92 Å². The number of allylic oxidation sites excluding steroid dienone is 3. The van der Waals surface area contributed by atoms with Crippen LogP contribution in [-0.4, -0.2) is 0 Å². The van der Waals surface area contributed by atoms with Crippen molar-refractivity contribution < 1.29 is 9.47 Å². The maximum absolute atomic E-state index is 6.34. The fraction of sp³-hybridized carbons (Fsp3) is 0.100. The van der Waals surface area contributed by atoms with E-state index in [2.05, 4.69) is 36.4 Å². The second kappa shape index (κ2) is 4.14. The molecule has 1 aliphatic carbocycles. The number of hydrogen-bond donors (Lipinski definition) is 0. The van der Waals surface area contributed by atoms with Gasteiger partial charge in [-0.3, -0.25) is 0 Å². The highest BCUT2D eigenvalue weighted by Crippen LogP contribution is 2.57. The van der Waals surface area contributed by atoms with Crippen molar-refractivity contribution in [2.75, 3.05) is 0 Å². The first-order valence-corrected chi connectivity index (χ1v) is 7.49. The van der Waals surface area contributed by atoms with E-state index >= 15 is 0 Å². The molecule has 1 atom stereocenters. The molecule has 2 aromatic carbocycles. The van der Waals surface area contributed by atoms with Crippen molar-refractivity contribution in [2.45, 2.75) is 5.60 Å². The minimum atomic E-state index is -0.526. The molecule has 0 saturated carbocycles. The normalized spacial score (nSPS) is 22.2. The minimum absolute atomic E-state index is 0.170. The number of hydrogen-bond acceptors (Lipinski definition) is 2. The van der Waals surface area contributed by atoms with Gasteiger partial charge in [0.2, 0.25) is 0 Å². The lowest BCUT2D eigenvalue weighted by molar-refractivity contribution is 0.0487. The molecule has 22 heavy (non-hydrogen) atoms. The average Bonchev–Trinajstić information content (AvgIpc) is 2.96. The first-order valence-electron chi connectivity index (χ1n) is 7.49. The highest BCUT2D eigenvalue weighted by Gasteiger charge is 2.53. The molecule has 5 rings (SSSR count). The van der Waals surface area contributed by atoms with Crippen molar-refractivity contribution in [3.63, 3.8) is 0 Å². The lowest BCUT2D eigenvalue weighted by Crippen LogP contribution is -2.37. The lowest BCUT2D eigenvalue weighted by Gasteiger charge is -2.40. The largest absolute Gasteiger partial charge is 0.484 e. The summed E-state index contributed by atoms with van der Waals surface area (Å²) in [6, 6.07) is 16.3. The minimum Gasteiger partial charge on any atom is -0.484 e. The summed E-state index contributed by atoms with van der Waals surface area (Å²) in [7, 11) is 0. The summed E-state index contributed by atoms with van der Waals surface area (Å²) >= 11 is 0. The van der Waals surface area contributed by atoms with Crippen LogP contribution >= 0.6 is 0 Å².